The van der Waals surface area contributed by atoms with Crippen molar-refractivity contribution in [1.82, 2.24) is 15.2 Å². The number of pyridine rings is 1. The smallest absolute Gasteiger partial charge is 0.226 e. The van der Waals surface area contributed by atoms with Crippen molar-refractivity contribution in [3.8, 4) is 11.1 Å². The molecule has 2 aromatic rings. The number of hydrogen-bond donors (Lipinski definition) is 1. The molecule has 2 fully saturated rings. The molecule has 1 aromatic carbocycles. The molecular formula is C24H31N3O2. The lowest BCUT2D eigenvalue weighted by Gasteiger charge is -2.36. The van der Waals surface area contributed by atoms with E-state index in [9.17, 15) is 4.79 Å². The minimum atomic E-state index is -0.360. The van der Waals surface area contributed by atoms with Gasteiger partial charge in [-0.25, -0.2) is 0 Å². The van der Waals surface area contributed by atoms with Crippen LogP contribution < -0.4 is 5.32 Å². The van der Waals surface area contributed by atoms with Gasteiger partial charge >= 0.3 is 0 Å². The van der Waals surface area contributed by atoms with Gasteiger partial charge in [0.25, 0.3) is 0 Å². The molecule has 5 heteroatoms. The minimum Gasteiger partial charge on any atom is -0.381 e. The summed E-state index contributed by atoms with van der Waals surface area (Å²) in [5.41, 5.74) is 3.18. The van der Waals surface area contributed by atoms with E-state index in [-0.39, 0.29) is 11.3 Å². The Morgan fingerprint density at radius 1 is 1.14 bits per heavy atom. The summed E-state index contributed by atoms with van der Waals surface area (Å²) in [6.45, 7) is 4.31. The van der Waals surface area contributed by atoms with Gasteiger partial charge in [0, 0.05) is 38.7 Å². The number of nitrogens with zero attached hydrogens (tertiary/aromatic N) is 2. The first-order valence-electron chi connectivity index (χ1n) is 10.7. The molecule has 0 bridgehead atoms. The van der Waals surface area contributed by atoms with Crippen LogP contribution in [0.15, 0.2) is 48.8 Å². The normalized spacial score (nSPS) is 21.8. The Morgan fingerprint density at radius 3 is 2.48 bits per heavy atom. The minimum absolute atomic E-state index is 0.202. The second kappa shape index (κ2) is 9.06. The average Bonchev–Trinajstić information content (AvgIpc) is 3.19. The molecule has 2 saturated heterocycles. The zero-order valence-corrected chi connectivity index (χ0v) is 17.3. The number of hydrogen-bond acceptors (Lipinski definition) is 4. The van der Waals surface area contributed by atoms with E-state index in [2.05, 4.69) is 46.5 Å². The van der Waals surface area contributed by atoms with Crippen molar-refractivity contribution < 1.29 is 9.53 Å². The zero-order chi connectivity index (χ0) is 20.1. The molecule has 0 unspecified atom stereocenters. The van der Waals surface area contributed by atoms with Crippen LogP contribution in [-0.2, 0) is 16.0 Å². The summed E-state index contributed by atoms with van der Waals surface area (Å²) in [6, 6.07) is 12.6. The summed E-state index contributed by atoms with van der Waals surface area (Å²) in [6.07, 6.45) is 7.14. The number of carbonyl (C=O) groups excluding carboxylic acids is 1. The molecule has 154 valence electrons. The van der Waals surface area contributed by atoms with Crippen LogP contribution in [0.4, 0.5) is 0 Å². The molecule has 0 saturated carbocycles. The van der Waals surface area contributed by atoms with Gasteiger partial charge in [-0.3, -0.25) is 9.78 Å². The Hall–Kier alpha value is -2.24. The molecule has 5 nitrogen and oxygen atoms in total. The highest BCUT2D eigenvalue weighted by molar-refractivity contribution is 5.83. The van der Waals surface area contributed by atoms with Crippen LogP contribution in [0, 0.1) is 11.3 Å². The number of amides is 1. The Balaban J connectivity index is 1.44. The van der Waals surface area contributed by atoms with Crippen molar-refractivity contribution in [3.63, 3.8) is 0 Å². The molecular weight excluding hydrogens is 362 g/mol. The standard InChI is InChI=1S/C24H31N3O2/c1-27-13-8-20(18-27)17-26-23(28)24(9-14-29-15-10-24)16-19-2-4-21(5-3-19)22-6-11-25-12-7-22/h2-7,11-12,20H,8-10,13-18H2,1H3,(H,26,28)/t20-/m1/s1. The fourth-order valence-corrected chi connectivity index (χ4v) is 4.61. The number of ether oxygens (including phenoxy) is 1. The molecule has 0 spiro atoms. The van der Waals surface area contributed by atoms with Crippen LogP contribution in [0.5, 0.6) is 0 Å². The second-order valence-electron chi connectivity index (χ2n) is 8.63. The van der Waals surface area contributed by atoms with E-state index in [1.807, 2.05) is 24.5 Å². The first kappa shape index (κ1) is 20.0. The Morgan fingerprint density at radius 2 is 1.83 bits per heavy atom. The molecule has 1 amide bonds. The van der Waals surface area contributed by atoms with Gasteiger partial charge < -0.3 is 15.0 Å². The Bertz CT molecular complexity index is 801. The first-order valence-corrected chi connectivity index (χ1v) is 10.7. The monoisotopic (exact) mass is 393 g/mol. The highest BCUT2D eigenvalue weighted by Gasteiger charge is 2.40. The molecule has 0 aliphatic carbocycles. The van der Waals surface area contributed by atoms with Crippen LogP contribution in [0.25, 0.3) is 11.1 Å². The highest BCUT2D eigenvalue weighted by Crippen LogP contribution is 2.35. The van der Waals surface area contributed by atoms with Crippen LogP contribution >= 0.6 is 0 Å². The molecule has 2 aliphatic rings. The predicted octanol–water partition coefficient (Wildman–Crippen LogP) is 3.16. The van der Waals surface area contributed by atoms with E-state index in [4.69, 9.17) is 4.74 Å². The van der Waals surface area contributed by atoms with Crippen molar-refractivity contribution in [1.29, 1.82) is 0 Å². The maximum Gasteiger partial charge on any atom is 0.226 e. The van der Waals surface area contributed by atoms with Gasteiger partial charge in [-0.05, 0) is 74.0 Å². The van der Waals surface area contributed by atoms with Crippen molar-refractivity contribution in [2.24, 2.45) is 11.3 Å². The van der Waals surface area contributed by atoms with E-state index < -0.39 is 0 Å². The summed E-state index contributed by atoms with van der Waals surface area (Å²) < 4.78 is 5.59. The lowest BCUT2D eigenvalue weighted by atomic mass is 9.74. The van der Waals surface area contributed by atoms with Crippen LogP contribution in [0.1, 0.15) is 24.8 Å². The molecule has 2 aliphatic heterocycles. The van der Waals surface area contributed by atoms with E-state index in [0.717, 1.165) is 44.5 Å². The van der Waals surface area contributed by atoms with Gasteiger partial charge in [-0.2, -0.15) is 0 Å². The predicted molar refractivity (Wildman–Crippen MR) is 114 cm³/mol. The van der Waals surface area contributed by atoms with E-state index >= 15 is 0 Å². The van der Waals surface area contributed by atoms with E-state index in [1.54, 1.807) is 0 Å². The first-order chi connectivity index (χ1) is 14.1. The summed E-state index contributed by atoms with van der Waals surface area (Å²) in [5, 5.41) is 3.29. The molecule has 3 heterocycles. The molecule has 0 radical (unpaired) electrons. The topological polar surface area (TPSA) is 54.5 Å². The highest BCUT2D eigenvalue weighted by atomic mass is 16.5. The quantitative estimate of drug-likeness (QED) is 0.819. The Labute approximate surface area is 173 Å². The van der Waals surface area contributed by atoms with Gasteiger partial charge in [0.2, 0.25) is 5.91 Å². The molecule has 1 atom stereocenters. The summed E-state index contributed by atoms with van der Waals surface area (Å²) in [4.78, 5) is 19.7. The number of likely N-dealkylation sites (tertiary alicyclic amines) is 1. The maximum atomic E-state index is 13.3. The third-order valence-electron chi connectivity index (χ3n) is 6.48. The number of nitrogens with one attached hydrogen (secondary N) is 1. The van der Waals surface area contributed by atoms with E-state index in [1.165, 1.54) is 17.5 Å². The fourth-order valence-electron chi connectivity index (χ4n) is 4.61. The van der Waals surface area contributed by atoms with Gasteiger partial charge in [-0.15, -0.1) is 0 Å². The number of rotatable bonds is 6. The average molecular weight is 394 g/mol. The van der Waals surface area contributed by atoms with Crippen molar-refractivity contribution in [2.45, 2.75) is 25.7 Å². The second-order valence-corrected chi connectivity index (χ2v) is 8.63. The SMILES string of the molecule is CN1CC[C@H](CNC(=O)C2(Cc3ccc(-c4ccncc4)cc3)CCOCC2)C1. The number of carbonyl (C=O) groups is 1. The largest absolute Gasteiger partial charge is 0.381 e. The van der Waals surface area contributed by atoms with Crippen molar-refractivity contribution in [2.75, 3.05) is 39.9 Å². The van der Waals surface area contributed by atoms with Crippen molar-refractivity contribution in [3.05, 3.63) is 54.4 Å². The lowest BCUT2D eigenvalue weighted by molar-refractivity contribution is -0.136. The van der Waals surface area contributed by atoms with Gasteiger partial charge in [0.15, 0.2) is 0 Å². The third kappa shape index (κ3) is 4.85. The van der Waals surface area contributed by atoms with Gasteiger partial charge in [-0.1, -0.05) is 24.3 Å². The molecule has 4 rings (SSSR count). The van der Waals surface area contributed by atoms with Gasteiger partial charge in [0.1, 0.15) is 0 Å². The number of benzene rings is 1. The summed E-state index contributed by atoms with van der Waals surface area (Å²) in [5.74, 6) is 0.772. The maximum absolute atomic E-state index is 13.3. The summed E-state index contributed by atoms with van der Waals surface area (Å²) >= 11 is 0. The van der Waals surface area contributed by atoms with Crippen molar-refractivity contribution >= 4 is 5.91 Å². The third-order valence-corrected chi connectivity index (χ3v) is 6.48. The van der Waals surface area contributed by atoms with Crippen LogP contribution in [-0.4, -0.2) is 55.7 Å². The zero-order valence-electron chi connectivity index (χ0n) is 17.3. The summed E-state index contributed by atoms with van der Waals surface area (Å²) in [7, 11) is 2.15. The Kier molecular flexibility index (Phi) is 6.26. The van der Waals surface area contributed by atoms with Crippen LogP contribution in [0.2, 0.25) is 0 Å². The molecule has 1 aromatic heterocycles. The lowest BCUT2D eigenvalue weighted by Crippen LogP contribution is -2.47. The fraction of sp³-hybridized carbons (Fsp3) is 0.500. The number of aromatic nitrogens is 1. The molecule has 1 N–H and O–H groups in total. The van der Waals surface area contributed by atoms with Crippen LogP contribution in [0.3, 0.4) is 0 Å². The molecule has 29 heavy (non-hydrogen) atoms. The van der Waals surface area contributed by atoms with Gasteiger partial charge in [0.05, 0.1) is 5.41 Å². The van der Waals surface area contributed by atoms with E-state index in [0.29, 0.717) is 19.1 Å².